The molecule has 0 amide bonds. The summed E-state index contributed by atoms with van der Waals surface area (Å²) in [4.78, 5) is 39.9. The first-order chi connectivity index (χ1) is 20.9. The zero-order valence-electron chi connectivity index (χ0n) is 27.7. The van der Waals surface area contributed by atoms with Gasteiger partial charge in [-0.1, -0.05) is 57.7 Å². The van der Waals surface area contributed by atoms with Gasteiger partial charge in [0.05, 0.1) is 12.5 Å². The molecule has 0 aliphatic heterocycles. The molecule has 2 bridgehead atoms. The summed E-state index contributed by atoms with van der Waals surface area (Å²) in [7, 11) is 3.78. The fourth-order valence-electron chi connectivity index (χ4n) is 8.15. The van der Waals surface area contributed by atoms with Crippen LogP contribution in [0.15, 0.2) is 53.6 Å². The maximum atomic E-state index is 13.4. The summed E-state index contributed by atoms with van der Waals surface area (Å²) in [5.74, 6) is -2.64. The van der Waals surface area contributed by atoms with E-state index in [0.29, 0.717) is 23.1 Å². The highest BCUT2D eigenvalue weighted by Crippen LogP contribution is 2.61. The van der Waals surface area contributed by atoms with Crippen molar-refractivity contribution in [1.82, 2.24) is 4.90 Å². The summed E-state index contributed by atoms with van der Waals surface area (Å²) in [5, 5.41) is 36.9. The van der Waals surface area contributed by atoms with Crippen LogP contribution in [0.5, 0.6) is 0 Å². The van der Waals surface area contributed by atoms with Crippen molar-refractivity contribution < 1.29 is 43.9 Å². The Kier molecular flexibility index (Phi) is 9.77. The summed E-state index contributed by atoms with van der Waals surface area (Å²) in [6, 6.07) is 9.42. The van der Waals surface area contributed by atoms with E-state index in [1.807, 2.05) is 49.3 Å². The molecule has 3 aliphatic carbocycles. The van der Waals surface area contributed by atoms with E-state index < -0.39 is 70.8 Å². The SMILES string of the molecule is C=C1C(OC(=O)CC(c2ccccc2)N(C)C)CCC2(C)C(O)C(OC(C)=O)C3=C(C)C(OC(C)=O)CC(O)(C(O)C12)C3(C)C. The lowest BCUT2D eigenvalue weighted by Crippen LogP contribution is -2.70. The number of nitrogens with zero attached hydrogens (tertiary/aromatic N) is 1. The van der Waals surface area contributed by atoms with Gasteiger partial charge in [0.2, 0.25) is 0 Å². The number of ether oxygens (including phenoxy) is 3. The van der Waals surface area contributed by atoms with Crippen LogP contribution in [0, 0.1) is 16.7 Å². The molecule has 9 unspecified atom stereocenters. The minimum atomic E-state index is -1.91. The first-order valence-electron chi connectivity index (χ1n) is 15.6. The van der Waals surface area contributed by atoms with Gasteiger partial charge in [0.15, 0.2) is 6.10 Å². The molecule has 2 fully saturated rings. The molecular weight excluding hydrogens is 578 g/mol. The zero-order valence-corrected chi connectivity index (χ0v) is 27.7. The fourth-order valence-corrected chi connectivity index (χ4v) is 8.15. The van der Waals surface area contributed by atoms with Crippen molar-refractivity contribution in [1.29, 1.82) is 0 Å². The smallest absolute Gasteiger partial charge is 0.308 e. The largest absolute Gasteiger partial charge is 0.458 e. The summed E-state index contributed by atoms with van der Waals surface area (Å²) in [6.45, 7) is 13.7. The summed E-state index contributed by atoms with van der Waals surface area (Å²) >= 11 is 0. The molecule has 0 heterocycles. The molecular formula is C35H49NO9. The van der Waals surface area contributed by atoms with Crippen LogP contribution >= 0.6 is 0 Å². The van der Waals surface area contributed by atoms with E-state index in [2.05, 4.69) is 6.58 Å². The monoisotopic (exact) mass is 627 g/mol. The minimum Gasteiger partial charge on any atom is -0.458 e. The summed E-state index contributed by atoms with van der Waals surface area (Å²) in [6.07, 6.45) is -5.26. The van der Waals surface area contributed by atoms with Gasteiger partial charge in [0.1, 0.15) is 23.9 Å². The van der Waals surface area contributed by atoms with Gasteiger partial charge in [-0.3, -0.25) is 14.4 Å². The van der Waals surface area contributed by atoms with Crippen LogP contribution in [-0.4, -0.2) is 88.3 Å². The molecule has 10 heteroatoms. The van der Waals surface area contributed by atoms with Crippen molar-refractivity contribution in [2.24, 2.45) is 16.7 Å². The van der Waals surface area contributed by atoms with E-state index >= 15 is 0 Å². The second kappa shape index (κ2) is 12.6. The highest BCUT2D eigenvalue weighted by atomic mass is 16.6. The Morgan fingerprint density at radius 2 is 1.58 bits per heavy atom. The molecule has 0 radical (unpaired) electrons. The lowest BCUT2D eigenvalue weighted by Gasteiger charge is -2.62. The number of benzene rings is 1. The number of hydrogen-bond donors (Lipinski definition) is 3. The van der Waals surface area contributed by atoms with E-state index in [0.717, 1.165) is 5.56 Å². The van der Waals surface area contributed by atoms with Crippen LogP contribution < -0.4 is 0 Å². The van der Waals surface area contributed by atoms with Crippen molar-refractivity contribution in [2.75, 3.05) is 14.1 Å². The molecule has 0 aromatic heterocycles. The number of carbonyl (C=O) groups is 3. The first kappa shape index (κ1) is 34.8. The normalized spacial score (nSPS) is 35.1. The van der Waals surface area contributed by atoms with Gasteiger partial charge in [-0.2, -0.15) is 0 Å². The van der Waals surface area contributed by atoms with E-state index in [1.54, 1.807) is 27.7 Å². The van der Waals surface area contributed by atoms with Gasteiger partial charge in [0.25, 0.3) is 0 Å². The number of hydrogen-bond acceptors (Lipinski definition) is 10. The first-order valence-corrected chi connectivity index (χ1v) is 15.6. The van der Waals surface area contributed by atoms with Crippen LogP contribution in [0.25, 0.3) is 0 Å². The molecule has 1 aromatic rings. The second-order valence-corrected chi connectivity index (χ2v) is 14.0. The van der Waals surface area contributed by atoms with Crippen molar-refractivity contribution >= 4 is 17.9 Å². The van der Waals surface area contributed by atoms with Gasteiger partial charge in [0, 0.05) is 43.1 Å². The maximum Gasteiger partial charge on any atom is 0.308 e. The average Bonchev–Trinajstić information content (AvgIpc) is 2.94. The van der Waals surface area contributed by atoms with Gasteiger partial charge in [-0.05, 0) is 56.1 Å². The Morgan fingerprint density at radius 1 is 0.978 bits per heavy atom. The zero-order chi connectivity index (χ0) is 33.6. The van der Waals surface area contributed by atoms with Gasteiger partial charge < -0.3 is 34.4 Å². The van der Waals surface area contributed by atoms with E-state index in [9.17, 15) is 29.7 Å². The molecule has 3 aliphatic rings. The third-order valence-electron chi connectivity index (χ3n) is 10.7. The Balaban J connectivity index is 1.75. The van der Waals surface area contributed by atoms with E-state index in [-0.39, 0.29) is 25.3 Å². The van der Waals surface area contributed by atoms with Crippen LogP contribution in [0.3, 0.4) is 0 Å². The maximum absolute atomic E-state index is 13.4. The van der Waals surface area contributed by atoms with Crippen molar-refractivity contribution in [3.8, 4) is 0 Å². The lowest BCUT2D eigenvalue weighted by atomic mass is 9.47. The molecule has 0 spiro atoms. The summed E-state index contributed by atoms with van der Waals surface area (Å²) in [5.41, 5.74) is -2.02. The molecule has 248 valence electrons. The molecule has 4 rings (SSSR count). The summed E-state index contributed by atoms with van der Waals surface area (Å²) < 4.78 is 17.4. The highest BCUT2D eigenvalue weighted by Gasteiger charge is 2.67. The standard InChI is InChI=1S/C35H49NO9/c1-19-25(45-27(39)17-24(36(8)9)23-13-11-10-12-14-23)15-16-34(7)29(19)31(40)35(42)18-26(43-21(3)37)20(2)28(33(35,5)6)30(32(34)41)44-22(4)38/h10-14,24-26,29-32,40-42H,1,15-18H2,2-9H3. The second-order valence-electron chi connectivity index (χ2n) is 14.0. The quantitative estimate of drug-likeness (QED) is 0.233. The molecule has 2 saturated carbocycles. The Hall–Kier alpha value is -3.05. The average molecular weight is 628 g/mol. The van der Waals surface area contributed by atoms with Gasteiger partial charge in [-0.15, -0.1) is 0 Å². The highest BCUT2D eigenvalue weighted by molar-refractivity contribution is 5.71. The fraction of sp³-hybridized carbons (Fsp3) is 0.629. The van der Waals surface area contributed by atoms with Crippen molar-refractivity contribution in [3.05, 3.63) is 59.2 Å². The van der Waals surface area contributed by atoms with Gasteiger partial charge >= 0.3 is 17.9 Å². The number of aliphatic hydroxyl groups is 3. The molecule has 45 heavy (non-hydrogen) atoms. The van der Waals surface area contributed by atoms with Crippen LogP contribution in [-0.2, 0) is 28.6 Å². The Bertz CT molecular complexity index is 1350. The third-order valence-corrected chi connectivity index (χ3v) is 10.7. The van der Waals surface area contributed by atoms with Crippen LogP contribution in [0.4, 0.5) is 0 Å². The van der Waals surface area contributed by atoms with Crippen LogP contribution in [0.2, 0.25) is 0 Å². The predicted molar refractivity (Wildman–Crippen MR) is 167 cm³/mol. The van der Waals surface area contributed by atoms with Crippen molar-refractivity contribution in [2.45, 2.75) is 109 Å². The van der Waals surface area contributed by atoms with Crippen molar-refractivity contribution in [3.63, 3.8) is 0 Å². The Labute approximate surface area is 266 Å². The Morgan fingerprint density at radius 3 is 2.13 bits per heavy atom. The molecule has 3 N–H and O–H groups in total. The number of carbonyl (C=O) groups excluding carboxylic acids is 3. The topological polar surface area (TPSA) is 143 Å². The molecule has 0 saturated heterocycles. The number of esters is 3. The predicted octanol–water partition coefficient (Wildman–Crippen LogP) is 3.64. The number of rotatable bonds is 7. The molecule has 10 nitrogen and oxygen atoms in total. The number of fused-ring (bicyclic) bond motifs is 3. The number of aliphatic hydroxyl groups excluding tert-OH is 2. The van der Waals surface area contributed by atoms with E-state index in [1.165, 1.54) is 13.8 Å². The molecule has 9 atom stereocenters. The lowest BCUT2D eigenvalue weighted by molar-refractivity contribution is -0.230. The third kappa shape index (κ3) is 6.10. The van der Waals surface area contributed by atoms with Crippen LogP contribution in [0.1, 0.15) is 78.8 Å². The molecule has 1 aromatic carbocycles. The van der Waals surface area contributed by atoms with E-state index in [4.69, 9.17) is 14.2 Å². The van der Waals surface area contributed by atoms with Gasteiger partial charge in [-0.25, -0.2) is 0 Å². The minimum absolute atomic E-state index is 0.0803.